The van der Waals surface area contributed by atoms with Gasteiger partial charge in [-0.2, -0.15) is 0 Å². The molecule has 1 heterocycles. The fourth-order valence-corrected chi connectivity index (χ4v) is 2.18. The molecule has 0 aromatic rings. The van der Waals surface area contributed by atoms with Crippen LogP contribution in [0.5, 0.6) is 0 Å². The minimum absolute atomic E-state index is 0.366. The molecular formula is C13H23NO. The molecule has 0 spiro atoms. The third-order valence-corrected chi connectivity index (χ3v) is 3.10. The summed E-state index contributed by atoms with van der Waals surface area (Å²) in [6, 6.07) is 0.443. The van der Waals surface area contributed by atoms with Crippen molar-refractivity contribution in [1.82, 2.24) is 5.32 Å². The van der Waals surface area contributed by atoms with Crippen LogP contribution in [0.25, 0.3) is 0 Å². The molecule has 1 saturated heterocycles. The third kappa shape index (κ3) is 3.85. The van der Waals surface area contributed by atoms with E-state index in [1.54, 1.807) is 0 Å². The summed E-state index contributed by atoms with van der Waals surface area (Å²) in [6.07, 6.45) is 9.91. The number of nitrogens with one attached hydrogen (secondary N) is 1. The van der Waals surface area contributed by atoms with Crippen molar-refractivity contribution in [3.05, 3.63) is 0 Å². The van der Waals surface area contributed by atoms with Gasteiger partial charge in [-0.25, -0.2) is 0 Å². The van der Waals surface area contributed by atoms with Crippen molar-refractivity contribution in [2.24, 2.45) is 5.92 Å². The molecule has 1 N–H and O–H groups in total. The zero-order chi connectivity index (χ0) is 11.1. The summed E-state index contributed by atoms with van der Waals surface area (Å²) >= 11 is 0. The number of hydrogen-bond acceptors (Lipinski definition) is 2. The molecule has 2 nitrogen and oxygen atoms in total. The van der Waals surface area contributed by atoms with Gasteiger partial charge in [0.15, 0.2) is 0 Å². The highest BCUT2D eigenvalue weighted by atomic mass is 16.5. The molecule has 1 aliphatic heterocycles. The highest BCUT2D eigenvalue weighted by Crippen LogP contribution is 2.24. The third-order valence-electron chi connectivity index (χ3n) is 3.10. The standard InChI is InChI=1S/C13H23NO/c1-4-6-7-12(14-9-5-2)13-11(3)8-10-15-13/h1,11-14H,5-10H2,2-3H3. The summed E-state index contributed by atoms with van der Waals surface area (Å²) in [7, 11) is 0. The average molecular weight is 209 g/mol. The molecule has 86 valence electrons. The first-order chi connectivity index (χ1) is 7.29. The summed E-state index contributed by atoms with van der Waals surface area (Å²) < 4.78 is 5.79. The quantitative estimate of drug-likeness (QED) is 0.677. The second-order valence-corrected chi connectivity index (χ2v) is 4.40. The zero-order valence-corrected chi connectivity index (χ0v) is 9.96. The molecule has 0 saturated carbocycles. The van der Waals surface area contributed by atoms with Gasteiger partial charge in [0.25, 0.3) is 0 Å². The maximum atomic E-state index is 5.79. The Labute approximate surface area is 93.8 Å². The summed E-state index contributed by atoms with van der Waals surface area (Å²) in [6.45, 7) is 6.42. The molecule has 0 aliphatic carbocycles. The van der Waals surface area contributed by atoms with Crippen molar-refractivity contribution >= 4 is 0 Å². The SMILES string of the molecule is C#CCCC(NCCC)C1OCCC1C. The van der Waals surface area contributed by atoms with E-state index < -0.39 is 0 Å². The molecule has 0 amide bonds. The van der Waals surface area contributed by atoms with Crippen LogP contribution in [0.4, 0.5) is 0 Å². The van der Waals surface area contributed by atoms with E-state index in [9.17, 15) is 0 Å². The van der Waals surface area contributed by atoms with E-state index in [1.807, 2.05) is 0 Å². The number of ether oxygens (including phenoxy) is 1. The zero-order valence-electron chi connectivity index (χ0n) is 9.96. The van der Waals surface area contributed by atoms with Gasteiger partial charge in [-0.3, -0.25) is 0 Å². The lowest BCUT2D eigenvalue weighted by Gasteiger charge is -2.26. The van der Waals surface area contributed by atoms with Crippen LogP contribution in [0.3, 0.4) is 0 Å². The molecule has 3 unspecified atom stereocenters. The van der Waals surface area contributed by atoms with E-state index in [0.29, 0.717) is 18.1 Å². The van der Waals surface area contributed by atoms with Gasteiger partial charge >= 0.3 is 0 Å². The minimum atomic E-state index is 0.366. The molecule has 0 aromatic carbocycles. The number of terminal acetylenes is 1. The van der Waals surface area contributed by atoms with Gasteiger partial charge in [0.05, 0.1) is 6.10 Å². The molecule has 15 heavy (non-hydrogen) atoms. The fourth-order valence-electron chi connectivity index (χ4n) is 2.18. The molecule has 0 bridgehead atoms. The van der Waals surface area contributed by atoms with Crippen molar-refractivity contribution in [2.75, 3.05) is 13.2 Å². The Balaban J connectivity index is 2.42. The Kier molecular flexibility index (Phi) is 5.75. The maximum absolute atomic E-state index is 5.79. The lowest BCUT2D eigenvalue weighted by atomic mass is 9.94. The van der Waals surface area contributed by atoms with Crippen molar-refractivity contribution < 1.29 is 4.74 Å². The summed E-state index contributed by atoms with van der Waals surface area (Å²) in [5, 5.41) is 3.56. The van der Waals surface area contributed by atoms with E-state index in [0.717, 1.165) is 32.4 Å². The second-order valence-electron chi connectivity index (χ2n) is 4.40. The first-order valence-electron chi connectivity index (χ1n) is 6.08. The molecular weight excluding hydrogens is 186 g/mol. The highest BCUT2D eigenvalue weighted by molar-refractivity contribution is 4.90. The molecule has 1 fully saturated rings. The largest absolute Gasteiger partial charge is 0.376 e. The first-order valence-corrected chi connectivity index (χ1v) is 6.08. The van der Waals surface area contributed by atoms with Crippen LogP contribution >= 0.6 is 0 Å². The summed E-state index contributed by atoms with van der Waals surface area (Å²) in [5.41, 5.74) is 0. The van der Waals surface area contributed by atoms with Gasteiger partial charge in [-0.05, 0) is 31.7 Å². The van der Waals surface area contributed by atoms with Crippen molar-refractivity contribution in [2.45, 2.75) is 51.7 Å². The monoisotopic (exact) mass is 209 g/mol. The molecule has 2 heteroatoms. The lowest BCUT2D eigenvalue weighted by molar-refractivity contribution is 0.0587. The van der Waals surface area contributed by atoms with E-state index >= 15 is 0 Å². The van der Waals surface area contributed by atoms with Gasteiger partial charge in [0.1, 0.15) is 0 Å². The Morgan fingerprint density at radius 2 is 2.40 bits per heavy atom. The van der Waals surface area contributed by atoms with E-state index in [2.05, 4.69) is 25.1 Å². The van der Waals surface area contributed by atoms with Crippen molar-refractivity contribution in [3.8, 4) is 12.3 Å². The van der Waals surface area contributed by atoms with Crippen LogP contribution < -0.4 is 5.32 Å². The van der Waals surface area contributed by atoms with Gasteiger partial charge < -0.3 is 10.1 Å². The molecule has 1 aliphatic rings. The van der Waals surface area contributed by atoms with Crippen LogP contribution in [0.15, 0.2) is 0 Å². The molecule has 1 rings (SSSR count). The van der Waals surface area contributed by atoms with Crippen LogP contribution in [0.1, 0.15) is 39.5 Å². The Morgan fingerprint density at radius 3 is 2.93 bits per heavy atom. The van der Waals surface area contributed by atoms with Crippen LogP contribution in [0, 0.1) is 18.3 Å². The first kappa shape index (κ1) is 12.5. The summed E-state index contributed by atoms with van der Waals surface area (Å²) in [5.74, 6) is 3.38. The molecule has 3 atom stereocenters. The normalized spacial score (nSPS) is 27.5. The highest BCUT2D eigenvalue weighted by Gasteiger charge is 2.31. The van der Waals surface area contributed by atoms with E-state index in [-0.39, 0.29) is 0 Å². The minimum Gasteiger partial charge on any atom is -0.376 e. The second kappa shape index (κ2) is 6.87. The number of hydrogen-bond donors (Lipinski definition) is 1. The number of rotatable bonds is 6. The summed E-state index contributed by atoms with van der Waals surface area (Å²) in [4.78, 5) is 0. The van der Waals surface area contributed by atoms with Crippen molar-refractivity contribution in [1.29, 1.82) is 0 Å². The van der Waals surface area contributed by atoms with Gasteiger partial charge in [0, 0.05) is 19.1 Å². The van der Waals surface area contributed by atoms with Gasteiger partial charge in [-0.15, -0.1) is 12.3 Å². The maximum Gasteiger partial charge on any atom is 0.0754 e. The predicted molar refractivity (Wildman–Crippen MR) is 63.7 cm³/mol. The topological polar surface area (TPSA) is 21.3 Å². The van der Waals surface area contributed by atoms with Crippen molar-refractivity contribution in [3.63, 3.8) is 0 Å². The van der Waals surface area contributed by atoms with Crippen LogP contribution in [-0.4, -0.2) is 25.3 Å². The van der Waals surface area contributed by atoms with Crippen LogP contribution in [-0.2, 0) is 4.74 Å². The average Bonchev–Trinajstić information content (AvgIpc) is 2.65. The Bertz CT molecular complexity index is 209. The Morgan fingerprint density at radius 1 is 1.60 bits per heavy atom. The lowest BCUT2D eigenvalue weighted by Crippen LogP contribution is -2.42. The molecule has 0 aromatic heterocycles. The smallest absolute Gasteiger partial charge is 0.0754 e. The fraction of sp³-hybridized carbons (Fsp3) is 0.846. The predicted octanol–water partition coefficient (Wildman–Crippen LogP) is 2.19. The van der Waals surface area contributed by atoms with Crippen LogP contribution in [0.2, 0.25) is 0 Å². The van der Waals surface area contributed by atoms with E-state index in [4.69, 9.17) is 11.2 Å². The van der Waals surface area contributed by atoms with Gasteiger partial charge in [-0.1, -0.05) is 13.8 Å². The Hall–Kier alpha value is -0.520. The van der Waals surface area contributed by atoms with Gasteiger partial charge in [0.2, 0.25) is 0 Å². The van der Waals surface area contributed by atoms with E-state index in [1.165, 1.54) is 6.42 Å². The molecule has 0 radical (unpaired) electrons.